The van der Waals surface area contributed by atoms with Crippen molar-refractivity contribution in [1.82, 2.24) is 9.21 Å². The standard InChI is InChI=1S/C21H26FN3O4S/c1-23(30(2,27)28)15-17-3-9-20(10-4-17)29-16-21(26)25-13-11-24(12-14-25)19-7-5-18(22)6-8-19/h3-10H,11-16H2,1-2H3. The van der Waals surface area contributed by atoms with Crippen LogP contribution in [0.15, 0.2) is 48.5 Å². The molecular formula is C21H26FN3O4S. The Kier molecular flexibility index (Phi) is 6.94. The molecule has 9 heteroatoms. The number of nitrogens with zero attached hydrogens (tertiary/aromatic N) is 3. The van der Waals surface area contributed by atoms with Crippen molar-refractivity contribution in [2.45, 2.75) is 6.54 Å². The molecular weight excluding hydrogens is 409 g/mol. The van der Waals surface area contributed by atoms with E-state index in [2.05, 4.69) is 4.90 Å². The van der Waals surface area contributed by atoms with Crippen LogP contribution in [0, 0.1) is 5.82 Å². The molecule has 1 saturated heterocycles. The second-order valence-corrected chi connectivity index (χ2v) is 9.39. The molecule has 7 nitrogen and oxygen atoms in total. The number of hydrogen-bond donors (Lipinski definition) is 0. The first-order valence-corrected chi connectivity index (χ1v) is 11.5. The summed E-state index contributed by atoms with van der Waals surface area (Å²) in [5.41, 5.74) is 1.78. The van der Waals surface area contributed by atoms with Crippen molar-refractivity contribution >= 4 is 21.6 Å². The van der Waals surface area contributed by atoms with Crippen LogP contribution >= 0.6 is 0 Å². The van der Waals surface area contributed by atoms with Crippen molar-refractivity contribution in [3.63, 3.8) is 0 Å². The van der Waals surface area contributed by atoms with E-state index in [0.29, 0.717) is 31.9 Å². The topological polar surface area (TPSA) is 70.2 Å². The highest BCUT2D eigenvalue weighted by molar-refractivity contribution is 7.88. The summed E-state index contributed by atoms with van der Waals surface area (Å²) in [5, 5.41) is 0. The molecule has 162 valence electrons. The van der Waals surface area contributed by atoms with Crippen LogP contribution in [0.4, 0.5) is 10.1 Å². The van der Waals surface area contributed by atoms with Crippen molar-refractivity contribution < 1.29 is 22.3 Å². The Morgan fingerprint density at radius 1 is 1.03 bits per heavy atom. The first-order valence-electron chi connectivity index (χ1n) is 9.64. The summed E-state index contributed by atoms with van der Waals surface area (Å²) in [4.78, 5) is 16.3. The number of carbonyl (C=O) groups is 1. The Morgan fingerprint density at radius 2 is 1.63 bits per heavy atom. The second kappa shape index (κ2) is 9.44. The third-order valence-electron chi connectivity index (χ3n) is 5.08. The van der Waals surface area contributed by atoms with Gasteiger partial charge in [-0.3, -0.25) is 4.79 Å². The predicted molar refractivity (Wildman–Crippen MR) is 113 cm³/mol. The zero-order chi connectivity index (χ0) is 21.7. The summed E-state index contributed by atoms with van der Waals surface area (Å²) in [7, 11) is -1.71. The third kappa shape index (κ3) is 5.93. The van der Waals surface area contributed by atoms with E-state index in [4.69, 9.17) is 4.74 Å². The lowest BCUT2D eigenvalue weighted by Crippen LogP contribution is -2.50. The molecule has 1 aliphatic heterocycles. The fourth-order valence-corrected chi connectivity index (χ4v) is 3.55. The van der Waals surface area contributed by atoms with Gasteiger partial charge in [-0.15, -0.1) is 0 Å². The van der Waals surface area contributed by atoms with Gasteiger partial charge in [0.15, 0.2) is 6.61 Å². The van der Waals surface area contributed by atoms with E-state index in [9.17, 15) is 17.6 Å². The molecule has 0 bridgehead atoms. The summed E-state index contributed by atoms with van der Waals surface area (Å²) in [5.74, 6) is 0.203. The molecule has 1 aliphatic rings. The van der Waals surface area contributed by atoms with Crippen molar-refractivity contribution in [1.29, 1.82) is 0 Å². The number of benzene rings is 2. The lowest BCUT2D eigenvalue weighted by molar-refractivity contribution is -0.133. The minimum atomic E-state index is -3.24. The number of hydrogen-bond acceptors (Lipinski definition) is 5. The third-order valence-corrected chi connectivity index (χ3v) is 6.34. The molecule has 0 saturated carbocycles. The Morgan fingerprint density at radius 3 is 2.20 bits per heavy atom. The van der Waals surface area contributed by atoms with Gasteiger partial charge in [0.1, 0.15) is 11.6 Å². The van der Waals surface area contributed by atoms with Gasteiger partial charge in [0.2, 0.25) is 10.0 Å². The van der Waals surface area contributed by atoms with Crippen LogP contribution < -0.4 is 9.64 Å². The molecule has 0 radical (unpaired) electrons. The van der Waals surface area contributed by atoms with Crippen LogP contribution in [0.2, 0.25) is 0 Å². The van der Waals surface area contributed by atoms with Crippen molar-refractivity contribution in [2.24, 2.45) is 0 Å². The van der Waals surface area contributed by atoms with E-state index in [0.717, 1.165) is 17.5 Å². The van der Waals surface area contributed by atoms with Crippen LogP contribution in [0.5, 0.6) is 5.75 Å². The average molecular weight is 436 g/mol. The van der Waals surface area contributed by atoms with Crippen LogP contribution in [-0.2, 0) is 21.4 Å². The van der Waals surface area contributed by atoms with Crippen molar-refractivity contribution in [3.8, 4) is 5.75 Å². The highest BCUT2D eigenvalue weighted by Crippen LogP contribution is 2.18. The molecule has 1 heterocycles. The summed E-state index contributed by atoms with van der Waals surface area (Å²) < 4.78 is 42.9. The first kappa shape index (κ1) is 22.0. The number of amides is 1. The maximum absolute atomic E-state index is 13.1. The number of piperazine rings is 1. The summed E-state index contributed by atoms with van der Waals surface area (Å²) in [6, 6.07) is 13.4. The molecule has 1 amide bonds. The highest BCUT2D eigenvalue weighted by Gasteiger charge is 2.21. The molecule has 0 aliphatic carbocycles. The maximum Gasteiger partial charge on any atom is 0.260 e. The molecule has 3 rings (SSSR count). The highest BCUT2D eigenvalue weighted by atomic mass is 32.2. The minimum absolute atomic E-state index is 0.0564. The summed E-state index contributed by atoms with van der Waals surface area (Å²) >= 11 is 0. The largest absolute Gasteiger partial charge is 0.484 e. The molecule has 2 aromatic rings. The number of rotatable bonds is 7. The molecule has 0 N–H and O–H groups in total. The van der Waals surface area contributed by atoms with E-state index in [1.807, 2.05) is 0 Å². The Balaban J connectivity index is 1.45. The zero-order valence-electron chi connectivity index (χ0n) is 17.1. The SMILES string of the molecule is CN(Cc1ccc(OCC(=O)N2CCN(c3ccc(F)cc3)CC2)cc1)S(C)(=O)=O. The maximum atomic E-state index is 13.1. The van der Waals surface area contributed by atoms with Crippen molar-refractivity contribution in [2.75, 3.05) is 51.0 Å². The lowest BCUT2D eigenvalue weighted by atomic mass is 10.2. The average Bonchev–Trinajstić information content (AvgIpc) is 2.73. The van der Waals surface area contributed by atoms with Gasteiger partial charge in [-0.05, 0) is 42.0 Å². The van der Waals surface area contributed by atoms with Gasteiger partial charge in [-0.25, -0.2) is 17.1 Å². The number of carbonyl (C=O) groups excluding carboxylic acids is 1. The predicted octanol–water partition coefficient (Wildman–Crippen LogP) is 1.94. The number of sulfonamides is 1. The normalized spacial score (nSPS) is 14.8. The Hall–Kier alpha value is -2.65. The summed E-state index contributed by atoms with van der Waals surface area (Å²) in [6.45, 7) is 2.74. The van der Waals surface area contributed by atoms with Gasteiger partial charge in [-0.2, -0.15) is 0 Å². The number of anilines is 1. The van der Waals surface area contributed by atoms with Crippen molar-refractivity contribution in [3.05, 3.63) is 59.9 Å². The smallest absolute Gasteiger partial charge is 0.260 e. The molecule has 30 heavy (non-hydrogen) atoms. The Bertz CT molecular complexity index is 957. The molecule has 0 aromatic heterocycles. The molecule has 2 aromatic carbocycles. The van der Waals surface area contributed by atoms with Crippen LogP contribution in [0.25, 0.3) is 0 Å². The molecule has 0 spiro atoms. The van der Waals surface area contributed by atoms with Gasteiger partial charge < -0.3 is 14.5 Å². The minimum Gasteiger partial charge on any atom is -0.484 e. The Labute approximate surface area is 176 Å². The fourth-order valence-electron chi connectivity index (χ4n) is 3.17. The quantitative estimate of drug-likeness (QED) is 0.665. The number of ether oxygens (including phenoxy) is 1. The van der Waals surface area contributed by atoms with E-state index in [1.165, 1.54) is 23.5 Å². The molecule has 1 fully saturated rings. The summed E-state index contributed by atoms with van der Waals surface area (Å²) in [6.07, 6.45) is 1.16. The van der Waals surface area contributed by atoms with Crippen LogP contribution in [-0.4, -0.2) is 69.6 Å². The molecule has 0 atom stereocenters. The van der Waals surface area contributed by atoms with Gasteiger partial charge in [-0.1, -0.05) is 12.1 Å². The first-order chi connectivity index (χ1) is 14.2. The van der Waals surface area contributed by atoms with E-state index >= 15 is 0 Å². The van der Waals surface area contributed by atoms with E-state index in [-0.39, 0.29) is 24.9 Å². The fraction of sp³-hybridized carbons (Fsp3) is 0.381. The van der Waals surface area contributed by atoms with Crippen LogP contribution in [0.3, 0.4) is 0 Å². The van der Waals surface area contributed by atoms with Crippen LogP contribution in [0.1, 0.15) is 5.56 Å². The zero-order valence-corrected chi connectivity index (χ0v) is 17.9. The second-order valence-electron chi connectivity index (χ2n) is 7.30. The van der Waals surface area contributed by atoms with E-state index in [1.54, 1.807) is 41.3 Å². The van der Waals surface area contributed by atoms with E-state index < -0.39 is 10.0 Å². The van der Waals surface area contributed by atoms with Gasteiger partial charge in [0.05, 0.1) is 6.26 Å². The monoisotopic (exact) mass is 435 g/mol. The van der Waals surface area contributed by atoms with Gasteiger partial charge in [0, 0.05) is 45.5 Å². The number of halogens is 1. The van der Waals surface area contributed by atoms with Gasteiger partial charge in [0.25, 0.3) is 5.91 Å². The lowest BCUT2D eigenvalue weighted by Gasteiger charge is -2.36. The van der Waals surface area contributed by atoms with Gasteiger partial charge >= 0.3 is 0 Å². The molecule has 0 unspecified atom stereocenters.